The minimum absolute atomic E-state index is 0.0478. The normalized spacial score (nSPS) is 16.2. The van der Waals surface area contributed by atoms with Crippen LogP contribution in [-0.4, -0.2) is 28.3 Å². The summed E-state index contributed by atoms with van der Waals surface area (Å²) >= 11 is 0. The van der Waals surface area contributed by atoms with Crippen LogP contribution in [0, 0.1) is 0 Å². The molecule has 1 aliphatic rings. The van der Waals surface area contributed by atoms with Crippen molar-refractivity contribution < 1.29 is 4.79 Å². The quantitative estimate of drug-likeness (QED) is 0.744. The molecule has 0 aliphatic carbocycles. The summed E-state index contributed by atoms with van der Waals surface area (Å²) in [6.07, 6.45) is 2.36. The Hall–Kier alpha value is -2.99. The van der Waals surface area contributed by atoms with E-state index < -0.39 is 0 Å². The number of hydrogen-bond acceptors (Lipinski definition) is 4. The van der Waals surface area contributed by atoms with E-state index in [0.29, 0.717) is 31.4 Å². The van der Waals surface area contributed by atoms with E-state index in [4.69, 9.17) is 0 Å². The van der Waals surface area contributed by atoms with Crippen molar-refractivity contribution in [3.8, 4) is 0 Å². The van der Waals surface area contributed by atoms with Crippen LogP contribution in [0.2, 0.25) is 0 Å². The van der Waals surface area contributed by atoms with E-state index in [9.17, 15) is 9.59 Å². The van der Waals surface area contributed by atoms with Gasteiger partial charge < -0.3 is 10.6 Å². The number of amides is 1. The molecule has 3 aromatic rings. The van der Waals surface area contributed by atoms with Crippen molar-refractivity contribution >= 4 is 16.7 Å². The summed E-state index contributed by atoms with van der Waals surface area (Å²) in [7, 11) is 0. The van der Waals surface area contributed by atoms with E-state index in [-0.39, 0.29) is 17.5 Å². The summed E-state index contributed by atoms with van der Waals surface area (Å²) < 4.78 is 1.40. The molecule has 2 N–H and O–H groups in total. The van der Waals surface area contributed by atoms with E-state index in [0.717, 1.165) is 5.39 Å². The molecular weight excluding hydrogens is 328 g/mol. The molecule has 1 aromatic heterocycles. The lowest BCUT2D eigenvalue weighted by Crippen LogP contribution is -2.48. The van der Waals surface area contributed by atoms with Crippen molar-refractivity contribution in [2.45, 2.75) is 25.6 Å². The third-order valence-corrected chi connectivity index (χ3v) is 4.78. The van der Waals surface area contributed by atoms with Gasteiger partial charge in [-0.25, -0.2) is 4.68 Å². The third-order valence-electron chi connectivity index (χ3n) is 4.78. The molecule has 0 saturated carbocycles. The summed E-state index contributed by atoms with van der Waals surface area (Å²) in [5.74, 6) is -0.0478. The Balaban J connectivity index is 1.37. The Morgan fingerprint density at radius 1 is 1.15 bits per heavy atom. The largest absolute Gasteiger partial charge is 0.353 e. The van der Waals surface area contributed by atoms with Crippen molar-refractivity contribution in [1.82, 2.24) is 20.4 Å². The second-order valence-corrected chi connectivity index (χ2v) is 6.46. The molecule has 0 fully saturated rings. The summed E-state index contributed by atoms with van der Waals surface area (Å²) in [5, 5.41) is 11.8. The lowest BCUT2D eigenvalue weighted by atomic mass is 9.95. The van der Waals surface area contributed by atoms with Crippen molar-refractivity contribution in [3.05, 3.63) is 76.2 Å². The number of nitrogens with one attached hydrogen (secondary N) is 2. The molecule has 6 nitrogen and oxygen atoms in total. The predicted molar refractivity (Wildman–Crippen MR) is 99.8 cm³/mol. The minimum atomic E-state index is -0.244. The Kier molecular flexibility index (Phi) is 4.50. The lowest BCUT2D eigenvalue weighted by molar-refractivity contribution is -0.123. The Bertz CT molecular complexity index is 1010. The van der Waals surface area contributed by atoms with Crippen LogP contribution in [0.1, 0.15) is 11.1 Å². The number of fused-ring (bicyclic) bond motifs is 2. The summed E-state index contributed by atoms with van der Waals surface area (Å²) in [4.78, 5) is 24.8. The monoisotopic (exact) mass is 348 g/mol. The highest BCUT2D eigenvalue weighted by Gasteiger charge is 2.23. The first-order chi connectivity index (χ1) is 12.7. The first-order valence-electron chi connectivity index (χ1n) is 8.75. The highest BCUT2D eigenvalue weighted by atomic mass is 16.2. The van der Waals surface area contributed by atoms with Gasteiger partial charge in [0.25, 0.3) is 5.56 Å². The fourth-order valence-corrected chi connectivity index (χ4v) is 3.33. The maximum Gasteiger partial charge on any atom is 0.274 e. The molecule has 2 aromatic carbocycles. The van der Waals surface area contributed by atoms with Crippen LogP contribution in [0.15, 0.2) is 59.5 Å². The van der Waals surface area contributed by atoms with Crippen molar-refractivity contribution in [2.24, 2.45) is 0 Å². The van der Waals surface area contributed by atoms with Crippen molar-refractivity contribution in [3.63, 3.8) is 0 Å². The molecule has 0 saturated heterocycles. The van der Waals surface area contributed by atoms with Gasteiger partial charge in [-0.3, -0.25) is 9.59 Å². The molecule has 0 unspecified atom stereocenters. The average molecular weight is 348 g/mol. The van der Waals surface area contributed by atoms with Gasteiger partial charge in [-0.1, -0.05) is 42.5 Å². The molecule has 4 rings (SSSR count). The molecule has 0 radical (unpaired) electrons. The molecule has 1 atom stereocenters. The van der Waals surface area contributed by atoms with Gasteiger partial charge in [0.15, 0.2) is 0 Å². The second-order valence-electron chi connectivity index (χ2n) is 6.46. The molecule has 1 amide bonds. The maximum atomic E-state index is 12.4. The van der Waals surface area contributed by atoms with Gasteiger partial charge in [-0.15, -0.1) is 0 Å². The van der Waals surface area contributed by atoms with E-state index in [1.165, 1.54) is 15.8 Å². The zero-order valence-electron chi connectivity index (χ0n) is 14.3. The molecule has 0 bridgehead atoms. The highest BCUT2D eigenvalue weighted by Crippen LogP contribution is 2.16. The number of benzene rings is 2. The molecular formula is C20H20N4O2. The van der Waals surface area contributed by atoms with Gasteiger partial charge in [-0.05, 0) is 23.6 Å². The minimum Gasteiger partial charge on any atom is -0.353 e. The van der Waals surface area contributed by atoms with Gasteiger partial charge in [0.1, 0.15) is 0 Å². The molecule has 2 heterocycles. The van der Waals surface area contributed by atoms with Crippen LogP contribution >= 0.6 is 0 Å². The van der Waals surface area contributed by atoms with E-state index >= 15 is 0 Å². The molecule has 26 heavy (non-hydrogen) atoms. The van der Waals surface area contributed by atoms with Crippen molar-refractivity contribution in [1.29, 1.82) is 0 Å². The van der Waals surface area contributed by atoms with Crippen LogP contribution in [0.25, 0.3) is 10.8 Å². The SMILES string of the molecule is O=C(NCCn1ncc2ccccc2c1=O)[C@H]1Cc2ccccc2CN1. The van der Waals surface area contributed by atoms with Gasteiger partial charge in [0.2, 0.25) is 5.91 Å². The molecule has 0 spiro atoms. The lowest BCUT2D eigenvalue weighted by Gasteiger charge is -2.25. The smallest absolute Gasteiger partial charge is 0.274 e. The number of carbonyl (C=O) groups excluding carboxylic acids is 1. The number of hydrogen-bond donors (Lipinski definition) is 2. The number of carbonyl (C=O) groups is 1. The predicted octanol–water partition coefficient (Wildman–Crippen LogP) is 1.23. The van der Waals surface area contributed by atoms with Crippen LogP contribution in [0.3, 0.4) is 0 Å². The average Bonchev–Trinajstić information content (AvgIpc) is 2.69. The van der Waals surface area contributed by atoms with Gasteiger partial charge >= 0.3 is 0 Å². The second kappa shape index (κ2) is 7.09. The fraction of sp³-hybridized carbons (Fsp3) is 0.250. The Morgan fingerprint density at radius 2 is 1.92 bits per heavy atom. The molecule has 6 heteroatoms. The van der Waals surface area contributed by atoms with Crippen LogP contribution in [0.4, 0.5) is 0 Å². The fourth-order valence-electron chi connectivity index (χ4n) is 3.33. The summed E-state index contributed by atoms with van der Waals surface area (Å²) in [6.45, 7) is 1.41. The van der Waals surface area contributed by atoms with E-state index in [2.05, 4.69) is 27.9 Å². The van der Waals surface area contributed by atoms with E-state index in [1.807, 2.05) is 30.3 Å². The first kappa shape index (κ1) is 16.5. The highest BCUT2D eigenvalue weighted by molar-refractivity contribution is 5.82. The summed E-state index contributed by atoms with van der Waals surface area (Å²) in [5.41, 5.74) is 2.31. The number of nitrogens with zero attached hydrogens (tertiary/aromatic N) is 2. The zero-order chi connectivity index (χ0) is 17.9. The molecule has 1 aliphatic heterocycles. The Labute approximate surface area is 150 Å². The Morgan fingerprint density at radius 3 is 2.81 bits per heavy atom. The van der Waals surface area contributed by atoms with Crippen LogP contribution < -0.4 is 16.2 Å². The van der Waals surface area contributed by atoms with E-state index in [1.54, 1.807) is 12.3 Å². The van der Waals surface area contributed by atoms with Crippen LogP contribution in [0.5, 0.6) is 0 Å². The van der Waals surface area contributed by atoms with Crippen LogP contribution in [-0.2, 0) is 24.3 Å². The first-order valence-corrected chi connectivity index (χ1v) is 8.75. The topological polar surface area (TPSA) is 76.0 Å². The molecule has 132 valence electrons. The number of aromatic nitrogens is 2. The maximum absolute atomic E-state index is 12.4. The third kappa shape index (κ3) is 3.23. The summed E-state index contributed by atoms with van der Waals surface area (Å²) in [6, 6.07) is 15.3. The van der Waals surface area contributed by atoms with Crippen molar-refractivity contribution in [2.75, 3.05) is 6.54 Å². The zero-order valence-corrected chi connectivity index (χ0v) is 14.3. The number of rotatable bonds is 4. The standard InChI is InChI=1S/C20H20N4O2/c25-19(18-11-14-5-1-2-6-15(14)12-22-18)21-9-10-24-20(26)17-8-4-3-7-16(17)13-23-24/h1-8,13,18,22H,9-12H2,(H,21,25)/t18-/m1/s1. The van der Waals surface area contributed by atoms with Gasteiger partial charge in [0.05, 0.1) is 24.2 Å². The van der Waals surface area contributed by atoms with Gasteiger partial charge in [-0.2, -0.15) is 5.10 Å². The van der Waals surface area contributed by atoms with Gasteiger partial charge in [0, 0.05) is 18.5 Å².